The number of rotatable bonds is 2. The van der Waals surface area contributed by atoms with E-state index in [2.05, 4.69) is 6.92 Å². The molecule has 1 fully saturated rings. The van der Waals surface area contributed by atoms with Gasteiger partial charge in [0.1, 0.15) is 0 Å². The Morgan fingerprint density at radius 1 is 1.64 bits per heavy atom. The topological polar surface area (TPSA) is 40.5 Å². The highest BCUT2D eigenvalue weighted by molar-refractivity contribution is 7.76. The van der Waals surface area contributed by atoms with E-state index in [1.165, 1.54) is 6.42 Å². The SMILES string of the molecule is CCC1CCCCN1S(=O)O. The average Bonchev–Trinajstić information content (AvgIpc) is 2.04. The molecule has 0 aliphatic carbocycles. The predicted octanol–water partition coefficient (Wildman–Crippen LogP) is 1.39. The number of nitrogens with zero attached hydrogens (tertiary/aromatic N) is 1. The second-order valence-corrected chi connectivity index (χ2v) is 3.86. The minimum absolute atomic E-state index is 0.328. The van der Waals surface area contributed by atoms with Crippen LogP contribution in [0.5, 0.6) is 0 Å². The highest BCUT2D eigenvalue weighted by Crippen LogP contribution is 2.19. The van der Waals surface area contributed by atoms with Crippen LogP contribution in [0.25, 0.3) is 0 Å². The molecule has 1 N–H and O–H groups in total. The van der Waals surface area contributed by atoms with Gasteiger partial charge >= 0.3 is 0 Å². The second-order valence-electron chi connectivity index (χ2n) is 2.93. The molecule has 1 aliphatic rings. The Bertz CT molecular complexity index is 151. The van der Waals surface area contributed by atoms with Crippen molar-refractivity contribution in [3.8, 4) is 0 Å². The number of hydrogen-bond donors (Lipinski definition) is 1. The lowest BCUT2D eigenvalue weighted by atomic mass is 10.0. The Balaban J connectivity index is 2.51. The molecule has 0 amide bonds. The lowest BCUT2D eigenvalue weighted by molar-refractivity contribution is 0.242. The fourth-order valence-electron chi connectivity index (χ4n) is 1.59. The maximum Gasteiger partial charge on any atom is 0.234 e. The monoisotopic (exact) mass is 177 g/mol. The Kier molecular flexibility index (Phi) is 3.48. The highest BCUT2D eigenvalue weighted by atomic mass is 32.2. The van der Waals surface area contributed by atoms with E-state index in [9.17, 15) is 4.21 Å². The minimum Gasteiger partial charge on any atom is -0.294 e. The molecule has 0 radical (unpaired) electrons. The van der Waals surface area contributed by atoms with E-state index < -0.39 is 11.3 Å². The first-order valence-electron chi connectivity index (χ1n) is 4.13. The van der Waals surface area contributed by atoms with E-state index in [1.54, 1.807) is 4.31 Å². The van der Waals surface area contributed by atoms with E-state index in [4.69, 9.17) is 4.55 Å². The maximum atomic E-state index is 10.8. The van der Waals surface area contributed by atoms with Gasteiger partial charge in [-0.15, -0.1) is 0 Å². The summed E-state index contributed by atoms with van der Waals surface area (Å²) < 4.78 is 21.3. The zero-order valence-electron chi connectivity index (χ0n) is 6.82. The summed E-state index contributed by atoms with van der Waals surface area (Å²) in [5.41, 5.74) is 0. The van der Waals surface area contributed by atoms with Crippen molar-refractivity contribution < 1.29 is 8.76 Å². The molecule has 1 saturated heterocycles. The molecular formula is C7H15NO2S. The molecule has 0 aromatic carbocycles. The normalized spacial score (nSPS) is 30.2. The Hall–Kier alpha value is 0.0700. The number of hydrogen-bond acceptors (Lipinski definition) is 1. The average molecular weight is 177 g/mol. The molecule has 1 heterocycles. The van der Waals surface area contributed by atoms with Gasteiger partial charge in [0.15, 0.2) is 0 Å². The van der Waals surface area contributed by atoms with Gasteiger partial charge in [0.25, 0.3) is 0 Å². The summed E-state index contributed by atoms with van der Waals surface area (Å²) in [7, 11) is 0. The summed E-state index contributed by atoms with van der Waals surface area (Å²) in [6, 6.07) is 0.328. The molecule has 0 aromatic rings. The Labute approximate surface area is 70.2 Å². The van der Waals surface area contributed by atoms with Gasteiger partial charge < -0.3 is 0 Å². The molecule has 0 saturated carbocycles. The molecule has 0 bridgehead atoms. The predicted molar refractivity (Wildman–Crippen MR) is 45.4 cm³/mol. The van der Waals surface area contributed by atoms with E-state index >= 15 is 0 Å². The van der Waals surface area contributed by atoms with Gasteiger partial charge in [0.2, 0.25) is 11.3 Å². The van der Waals surface area contributed by atoms with Gasteiger partial charge in [-0.3, -0.25) is 4.55 Å². The third-order valence-electron chi connectivity index (χ3n) is 2.24. The summed E-state index contributed by atoms with van der Waals surface area (Å²) in [6.45, 7) is 2.84. The summed E-state index contributed by atoms with van der Waals surface area (Å²) in [5.74, 6) is 0. The first-order valence-corrected chi connectivity index (χ1v) is 5.19. The fraction of sp³-hybridized carbons (Fsp3) is 1.00. The summed E-state index contributed by atoms with van der Waals surface area (Å²) in [4.78, 5) is 0. The van der Waals surface area contributed by atoms with Crippen LogP contribution in [-0.2, 0) is 11.3 Å². The molecule has 1 rings (SSSR count). The van der Waals surface area contributed by atoms with E-state index in [0.717, 1.165) is 25.8 Å². The zero-order chi connectivity index (χ0) is 8.27. The van der Waals surface area contributed by atoms with E-state index in [0.29, 0.717) is 6.04 Å². The molecule has 11 heavy (non-hydrogen) atoms. The molecule has 2 unspecified atom stereocenters. The van der Waals surface area contributed by atoms with Crippen molar-refractivity contribution in [1.82, 2.24) is 4.31 Å². The highest BCUT2D eigenvalue weighted by Gasteiger charge is 2.24. The third kappa shape index (κ3) is 2.25. The smallest absolute Gasteiger partial charge is 0.234 e. The molecule has 0 aromatic heterocycles. The van der Waals surface area contributed by atoms with Crippen LogP contribution in [0.2, 0.25) is 0 Å². The lowest BCUT2D eigenvalue weighted by Gasteiger charge is -2.31. The Morgan fingerprint density at radius 3 is 2.82 bits per heavy atom. The van der Waals surface area contributed by atoms with Crippen LogP contribution in [-0.4, -0.2) is 25.7 Å². The van der Waals surface area contributed by atoms with Crippen molar-refractivity contribution in [1.29, 1.82) is 0 Å². The minimum atomic E-state index is -1.75. The Morgan fingerprint density at radius 2 is 2.36 bits per heavy atom. The van der Waals surface area contributed by atoms with E-state index in [1.807, 2.05) is 0 Å². The van der Waals surface area contributed by atoms with Gasteiger partial charge in [-0.05, 0) is 19.3 Å². The second kappa shape index (κ2) is 4.18. The first-order chi connectivity index (χ1) is 5.25. The van der Waals surface area contributed by atoms with Crippen LogP contribution in [0.15, 0.2) is 0 Å². The van der Waals surface area contributed by atoms with Gasteiger partial charge in [0.05, 0.1) is 0 Å². The van der Waals surface area contributed by atoms with Gasteiger partial charge in [-0.25, -0.2) is 4.21 Å². The molecule has 66 valence electrons. The summed E-state index contributed by atoms with van der Waals surface area (Å²) in [6.07, 6.45) is 4.31. The molecule has 3 nitrogen and oxygen atoms in total. The third-order valence-corrected chi connectivity index (χ3v) is 3.13. The van der Waals surface area contributed by atoms with Crippen molar-refractivity contribution in [2.75, 3.05) is 6.54 Å². The van der Waals surface area contributed by atoms with Crippen LogP contribution < -0.4 is 0 Å². The van der Waals surface area contributed by atoms with Crippen molar-refractivity contribution in [2.24, 2.45) is 0 Å². The maximum absolute atomic E-state index is 10.8. The van der Waals surface area contributed by atoms with Gasteiger partial charge in [-0.1, -0.05) is 13.3 Å². The lowest BCUT2D eigenvalue weighted by Crippen LogP contribution is -2.39. The molecule has 1 aliphatic heterocycles. The van der Waals surface area contributed by atoms with Crippen LogP contribution in [0.4, 0.5) is 0 Å². The van der Waals surface area contributed by atoms with Crippen molar-refractivity contribution >= 4 is 11.3 Å². The fourth-order valence-corrected chi connectivity index (χ4v) is 2.38. The molecular weight excluding hydrogens is 162 g/mol. The summed E-state index contributed by atoms with van der Waals surface area (Å²) in [5, 5.41) is 0. The van der Waals surface area contributed by atoms with Crippen LogP contribution in [0.1, 0.15) is 32.6 Å². The standard InChI is InChI=1S/C7H15NO2S/c1-2-7-5-3-4-6-8(7)11(9)10/h7H,2-6H2,1H3,(H,9,10). The summed E-state index contributed by atoms with van der Waals surface area (Å²) >= 11 is -1.75. The van der Waals surface area contributed by atoms with Gasteiger partial charge in [-0.2, -0.15) is 4.31 Å². The molecule has 2 atom stereocenters. The number of piperidine rings is 1. The van der Waals surface area contributed by atoms with Gasteiger partial charge in [0, 0.05) is 12.6 Å². The van der Waals surface area contributed by atoms with Crippen LogP contribution in [0.3, 0.4) is 0 Å². The van der Waals surface area contributed by atoms with Crippen LogP contribution >= 0.6 is 0 Å². The van der Waals surface area contributed by atoms with Crippen molar-refractivity contribution in [2.45, 2.75) is 38.6 Å². The van der Waals surface area contributed by atoms with Crippen molar-refractivity contribution in [3.63, 3.8) is 0 Å². The van der Waals surface area contributed by atoms with Crippen molar-refractivity contribution in [3.05, 3.63) is 0 Å². The molecule has 0 spiro atoms. The van der Waals surface area contributed by atoms with Crippen LogP contribution in [0, 0.1) is 0 Å². The first kappa shape index (κ1) is 9.16. The zero-order valence-corrected chi connectivity index (χ0v) is 7.64. The molecule has 4 heteroatoms. The largest absolute Gasteiger partial charge is 0.294 e. The quantitative estimate of drug-likeness (QED) is 0.647. The van der Waals surface area contributed by atoms with E-state index in [-0.39, 0.29) is 0 Å².